The summed E-state index contributed by atoms with van der Waals surface area (Å²) in [7, 11) is 0. The number of hydrogen-bond donors (Lipinski definition) is 1. The smallest absolute Gasteiger partial charge is 0.311 e. The highest BCUT2D eigenvalue weighted by molar-refractivity contribution is 5.91. The van der Waals surface area contributed by atoms with E-state index in [0.29, 0.717) is 22.8 Å². The first-order chi connectivity index (χ1) is 13.3. The molecule has 0 fully saturated rings. The Labute approximate surface area is 159 Å². The molecular formula is C19H17FN4O4. The molecule has 3 aromatic rings. The SMILES string of the molecule is Cc1ccc(OCC(=O)Nc2cc(C)nn2-c2ccc(F)cc2)c([N+](=O)[O-])c1. The summed E-state index contributed by atoms with van der Waals surface area (Å²) in [5.74, 6) is -0.519. The molecule has 0 saturated heterocycles. The first-order valence-electron chi connectivity index (χ1n) is 8.34. The molecule has 1 aromatic heterocycles. The molecule has 8 nitrogen and oxygen atoms in total. The molecule has 1 amide bonds. The van der Waals surface area contributed by atoms with E-state index in [1.165, 1.54) is 41.1 Å². The van der Waals surface area contributed by atoms with Crippen LogP contribution in [0.3, 0.4) is 0 Å². The number of nitrogens with zero attached hydrogens (tertiary/aromatic N) is 3. The fraction of sp³-hybridized carbons (Fsp3) is 0.158. The third kappa shape index (κ3) is 4.32. The number of rotatable bonds is 6. The lowest BCUT2D eigenvalue weighted by Gasteiger charge is -2.10. The summed E-state index contributed by atoms with van der Waals surface area (Å²) in [6.07, 6.45) is 0. The maximum absolute atomic E-state index is 13.1. The van der Waals surface area contributed by atoms with E-state index in [4.69, 9.17) is 4.74 Å². The molecule has 0 unspecified atom stereocenters. The van der Waals surface area contributed by atoms with Gasteiger partial charge in [-0.05, 0) is 49.7 Å². The molecule has 2 aromatic carbocycles. The number of carbonyl (C=O) groups excluding carboxylic acids is 1. The van der Waals surface area contributed by atoms with Crippen LogP contribution >= 0.6 is 0 Å². The van der Waals surface area contributed by atoms with E-state index >= 15 is 0 Å². The first kappa shape index (κ1) is 19.0. The van der Waals surface area contributed by atoms with Crippen LogP contribution in [0.15, 0.2) is 48.5 Å². The van der Waals surface area contributed by atoms with Gasteiger partial charge in [-0.3, -0.25) is 14.9 Å². The van der Waals surface area contributed by atoms with Crippen LogP contribution in [-0.4, -0.2) is 27.2 Å². The Morgan fingerprint density at radius 3 is 2.61 bits per heavy atom. The van der Waals surface area contributed by atoms with E-state index in [1.54, 1.807) is 26.0 Å². The molecule has 0 aliphatic carbocycles. The monoisotopic (exact) mass is 384 g/mol. The Hall–Kier alpha value is -3.75. The summed E-state index contributed by atoms with van der Waals surface area (Å²) in [5, 5.41) is 18.1. The number of nitrogens with one attached hydrogen (secondary N) is 1. The number of benzene rings is 2. The van der Waals surface area contributed by atoms with Gasteiger partial charge in [-0.2, -0.15) is 5.10 Å². The third-order valence-corrected chi connectivity index (χ3v) is 3.84. The van der Waals surface area contributed by atoms with Crippen LogP contribution in [0.4, 0.5) is 15.9 Å². The largest absolute Gasteiger partial charge is 0.477 e. The van der Waals surface area contributed by atoms with E-state index < -0.39 is 17.4 Å². The molecule has 3 rings (SSSR count). The van der Waals surface area contributed by atoms with Crippen molar-refractivity contribution in [1.82, 2.24) is 9.78 Å². The van der Waals surface area contributed by atoms with E-state index in [2.05, 4.69) is 10.4 Å². The quantitative estimate of drug-likeness (QED) is 0.517. The number of amides is 1. The Morgan fingerprint density at radius 1 is 1.21 bits per heavy atom. The standard InChI is InChI=1S/C19H17FN4O4/c1-12-3-8-17(16(9-12)24(26)27)28-11-19(25)21-18-10-13(2)22-23(18)15-6-4-14(20)5-7-15/h3-10H,11H2,1-2H3,(H,21,25). The maximum atomic E-state index is 13.1. The number of nitro benzene ring substituents is 1. The summed E-state index contributed by atoms with van der Waals surface area (Å²) < 4.78 is 19.9. The number of carbonyl (C=O) groups is 1. The number of ether oxygens (including phenoxy) is 1. The van der Waals surface area contributed by atoms with Gasteiger partial charge in [-0.1, -0.05) is 6.07 Å². The zero-order valence-corrected chi connectivity index (χ0v) is 15.2. The minimum Gasteiger partial charge on any atom is -0.477 e. The summed E-state index contributed by atoms with van der Waals surface area (Å²) in [6.45, 7) is 3.06. The lowest BCUT2D eigenvalue weighted by atomic mass is 10.2. The lowest BCUT2D eigenvalue weighted by Crippen LogP contribution is -2.22. The summed E-state index contributed by atoms with van der Waals surface area (Å²) in [5.41, 5.74) is 1.72. The van der Waals surface area contributed by atoms with Gasteiger partial charge in [0.25, 0.3) is 5.91 Å². The molecule has 0 atom stereocenters. The van der Waals surface area contributed by atoms with Crippen LogP contribution in [0, 0.1) is 29.8 Å². The zero-order valence-electron chi connectivity index (χ0n) is 15.2. The molecule has 144 valence electrons. The third-order valence-electron chi connectivity index (χ3n) is 3.84. The van der Waals surface area contributed by atoms with E-state index in [0.717, 1.165) is 0 Å². The van der Waals surface area contributed by atoms with E-state index in [1.807, 2.05) is 0 Å². The highest BCUT2D eigenvalue weighted by Crippen LogP contribution is 2.27. The van der Waals surface area contributed by atoms with Crippen LogP contribution < -0.4 is 10.1 Å². The molecule has 0 aliphatic heterocycles. The van der Waals surface area contributed by atoms with Crippen molar-refractivity contribution in [2.45, 2.75) is 13.8 Å². The number of anilines is 1. The number of aromatic nitrogens is 2. The van der Waals surface area contributed by atoms with Gasteiger partial charge in [0, 0.05) is 12.1 Å². The van der Waals surface area contributed by atoms with Gasteiger partial charge in [0.1, 0.15) is 11.6 Å². The van der Waals surface area contributed by atoms with Crippen molar-refractivity contribution in [2.75, 3.05) is 11.9 Å². The van der Waals surface area contributed by atoms with Crippen molar-refractivity contribution in [3.8, 4) is 11.4 Å². The summed E-state index contributed by atoms with van der Waals surface area (Å²) >= 11 is 0. The van der Waals surface area contributed by atoms with Gasteiger partial charge in [0.15, 0.2) is 12.4 Å². The molecular weight excluding hydrogens is 367 g/mol. The normalized spacial score (nSPS) is 10.5. The van der Waals surface area contributed by atoms with Crippen molar-refractivity contribution in [2.24, 2.45) is 0 Å². The molecule has 1 N–H and O–H groups in total. The second-order valence-corrected chi connectivity index (χ2v) is 6.12. The Bertz CT molecular complexity index is 1030. The van der Waals surface area contributed by atoms with Crippen molar-refractivity contribution in [3.63, 3.8) is 0 Å². The van der Waals surface area contributed by atoms with Crippen molar-refractivity contribution >= 4 is 17.4 Å². The molecule has 9 heteroatoms. The summed E-state index contributed by atoms with van der Waals surface area (Å²) in [4.78, 5) is 22.8. The fourth-order valence-electron chi connectivity index (χ4n) is 2.58. The maximum Gasteiger partial charge on any atom is 0.311 e. The number of halogens is 1. The van der Waals surface area contributed by atoms with Crippen LogP contribution in [0.5, 0.6) is 5.75 Å². The fourth-order valence-corrected chi connectivity index (χ4v) is 2.58. The Kier molecular flexibility index (Phi) is 5.35. The topological polar surface area (TPSA) is 99.3 Å². The van der Waals surface area contributed by atoms with Crippen molar-refractivity contribution in [1.29, 1.82) is 0 Å². The van der Waals surface area contributed by atoms with Gasteiger partial charge in [0.2, 0.25) is 0 Å². The Morgan fingerprint density at radius 2 is 1.93 bits per heavy atom. The second-order valence-electron chi connectivity index (χ2n) is 6.12. The molecule has 0 radical (unpaired) electrons. The highest BCUT2D eigenvalue weighted by Gasteiger charge is 2.17. The van der Waals surface area contributed by atoms with E-state index in [9.17, 15) is 19.3 Å². The van der Waals surface area contributed by atoms with Crippen LogP contribution in [0.2, 0.25) is 0 Å². The van der Waals surface area contributed by atoms with Crippen molar-refractivity contribution < 1.29 is 18.8 Å². The van der Waals surface area contributed by atoms with Gasteiger partial charge < -0.3 is 10.1 Å². The van der Waals surface area contributed by atoms with Crippen molar-refractivity contribution in [3.05, 3.63) is 75.7 Å². The van der Waals surface area contributed by atoms with E-state index in [-0.39, 0.29) is 17.3 Å². The molecule has 0 spiro atoms. The van der Waals surface area contributed by atoms with Gasteiger partial charge in [-0.15, -0.1) is 0 Å². The average molecular weight is 384 g/mol. The number of hydrogen-bond acceptors (Lipinski definition) is 5. The summed E-state index contributed by atoms with van der Waals surface area (Å²) in [6, 6.07) is 11.8. The highest BCUT2D eigenvalue weighted by atomic mass is 19.1. The number of nitro groups is 1. The first-order valence-corrected chi connectivity index (χ1v) is 8.34. The molecule has 0 saturated carbocycles. The van der Waals surface area contributed by atoms with Gasteiger partial charge in [0.05, 0.1) is 16.3 Å². The van der Waals surface area contributed by atoms with Gasteiger partial charge in [-0.25, -0.2) is 9.07 Å². The molecule has 28 heavy (non-hydrogen) atoms. The molecule has 0 bridgehead atoms. The molecule has 0 aliphatic rings. The second kappa shape index (κ2) is 7.87. The predicted molar refractivity (Wildman–Crippen MR) is 100 cm³/mol. The molecule has 1 heterocycles. The van der Waals surface area contributed by atoms with Crippen LogP contribution in [0.25, 0.3) is 5.69 Å². The lowest BCUT2D eigenvalue weighted by molar-refractivity contribution is -0.385. The Balaban J connectivity index is 1.73. The average Bonchev–Trinajstić information content (AvgIpc) is 3.01. The predicted octanol–water partition coefficient (Wildman–Crippen LogP) is 3.55. The minimum absolute atomic E-state index is 0.00831. The zero-order chi connectivity index (χ0) is 20.3. The van der Waals surface area contributed by atoms with Crippen LogP contribution in [-0.2, 0) is 4.79 Å². The number of aryl methyl sites for hydroxylation is 2. The van der Waals surface area contributed by atoms with Crippen LogP contribution in [0.1, 0.15) is 11.3 Å². The van der Waals surface area contributed by atoms with Gasteiger partial charge >= 0.3 is 5.69 Å². The minimum atomic E-state index is -0.562.